The second-order valence-electron chi connectivity index (χ2n) is 4.71. The number of nitrogens with zero attached hydrogens (tertiary/aromatic N) is 1. The molecule has 1 N–H and O–H groups in total. The SMILES string of the molecule is C=CCCCN(C)CC1CCC(CNC)O1. The summed E-state index contributed by atoms with van der Waals surface area (Å²) in [7, 11) is 4.16. The molecule has 0 aliphatic carbocycles. The van der Waals surface area contributed by atoms with Crippen molar-refractivity contribution in [3.8, 4) is 0 Å². The van der Waals surface area contributed by atoms with Gasteiger partial charge >= 0.3 is 0 Å². The van der Waals surface area contributed by atoms with E-state index in [1.54, 1.807) is 0 Å². The predicted molar refractivity (Wildman–Crippen MR) is 68.7 cm³/mol. The summed E-state index contributed by atoms with van der Waals surface area (Å²) in [5.74, 6) is 0. The van der Waals surface area contributed by atoms with Crippen LogP contribution in [0.3, 0.4) is 0 Å². The second-order valence-corrected chi connectivity index (χ2v) is 4.71. The Morgan fingerprint density at radius 1 is 1.44 bits per heavy atom. The van der Waals surface area contributed by atoms with Crippen LogP contribution in [-0.2, 0) is 4.74 Å². The Hall–Kier alpha value is -0.380. The highest BCUT2D eigenvalue weighted by molar-refractivity contribution is 4.77. The summed E-state index contributed by atoms with van der Waals surface area (Å²) in [6.45, 7) is 6.93. The molecule has 0 radical (unpaired) electrons. The first kappa shape index (κ1) is 13.7. The third kappa shape index (κ3) is 5.10. The molecule has 0 aromatic heterocycles. The first-order chi connectivity index (χ1) is 7.76. The molecule has 2 unspecified atom stereocenters. The van der Waals surface area contributed by atoms with Crippen LogP contribution in [0.2, 0.25) is 0 Å². The molecule has 3 nitrogen and oxygen atoms in total. The average Bonchev–Trinajstić information content (AvgIpc) is 2.66. The summed E-state index contributed by atoms with van der Waals surface area (Å²) in [4.78, 5) is 2.37. The minimum Gasteiger partial charge on any atom is -0.372 e. The van der Waals surface area contributed by atoms with E-state index >= 15 is 0 Å². The fraction of sp³-hybridized carbons (Fsp3) is 0.846. The summed E-state index contributed by atoms with van der Waals surface area (Å²) >= 11 is 0. The number of rotatable bonds is 8. The van der Waals surface area contributed by atoms with E-state index in [9.17, 15) is 0 Å². The zero-order valence-corrected chi connectivity index (χ0v) is 10.7. The summed E-state index contributed by atoms with van der Waals surface area (Å²) in [5, 5.41) is 3.18. The van der Waals surface area contributed by atoms with Crippen molar-refractivity contribution in [1.82, 2.24) is 10.2 Å². The van der Waals surface area contributed by atoms with Crippen LogP contribution in [0.5, 0.6) is 0 Å². The van der Waals surface area contributed by atoms with Crippen molar-refractivity contribution in [3.63, 3.8) is 0 Å². The summed E-state index contributed by atoms with van der Waals surface area (Å²) in [5.41, 5.74) is 0. The monoisotopic (exact) mass is 226 g/mol. The van der Waals surface area contributed by atoms with Crippen LogP contribution in [0.4, 0.5) is 0 Å². The van der Waals surface area contributed by atoms with Gasteiger partial charge in [-0.2, -0.15) is 0 Å². The molecule has 0 aromatic carbocycles. The fourth-order valence-corrected chi connectivity index (χ4v) is 2.24. The first-order valence-electron chi connectivity index (χ1n) is 6.35. The minimum atomic E-state index is 0.427. The lowest BCUT2D eigenvalue weighted by Crippen LogP contribution is -2.31. The second kappa shape index (κ2) is 7.82. The maximum Gasteiger partial charge on any atom is 0.0707 e. The van der Waals surface area contributed by atoms with Crippen LogP contribution in [-0.4, -0.2) is 50.8 Å². The van der Waals surface area contributed by atoms with Crippen LogP contribution in [0.1, 0.15) is 25.7 Å². The van der Waals surface area contributed by atoms with Crippen molar-refractivity contribution in [1.29, 1.82) is 0 Å². The lowest BCUT2D eigenvalue weighted by Gasteiger charge is -2.21. The Kier molecular flexibility index (Phi) is 6.69. The van der Waals surface area contributed by atoms with Crippen LogP contribution in [0.15, 0.2) is 12.7 Å². The quantitative estimate of drug-likeness (QED) is 0.503. The van der Waals surface area contributed by atoms with Gasteiger partial charge < -0.3 is 15.0 Å². The Labute approximate surface area is 99.8 Å². The van der Waals surface area contributed by atoms with Gasteiger partial charge in [-0.3, -0.25) is 0 Å². The highest BCUT2D eigenvalue weighted by atomic mass is 16.5. The molecule has 0 spiro atoms. The van der Waals surface area contributed by atoms with Crippen molar-refractivity contribution in [2.75, 3.05) is 33.7 Å². The minimum absolute atomic E-state index is 0.427. The number of allylic oxidation sites excluding steroid dienone is 1. The molecule has 94 valence electrons. The molecule has 2 atom stereocenters. The van der Waals surface area contributed by atoms with Gasteiger partial charge in [0.15, 0.2) is 0 Å². The largest absolute Gasteiger partial charge is 0.372 e. The number of hydrogen-bond donors (Lipinski definition) is 1. The lowest BCUT2D eigenvalue weighted by molar-refractivity contribution is 0.0287. The van der Waals surface area contributed by atoms with Gasteiger partial charge in [-0.15, -0.1) is 6.58 Å². The van der Waals surface area contributed by atoms with Crippen molar-refractivity contribution < 1.29 is 4.74 Å². The first-order valence-corrected chi connectivity index (χ1v) is 6.35. The van der Waals surface area contributed by atoms with Crippen LogP contribution < -0.4 is 5.32 Å². The van der Waals surface area contributed by atoms with Crippen LogP contribution >= 0.6 is 0 Å². The van der Waals surface area contributed by atoms with E-state index in [1.807, 2.05) is 13.1 Å². The molecule has 1 heterocycles. The van der Waals surface area contributed by atoms with Crippen molar-refractivity contribution in [2.45, 2.75) is 37.9 Å². The van der Waals surface area contributed by atoms with E-state index in [0.717, 1.165) is 26.1 Å². The number of unbranched alkanes of at least 4 members (excludes halogenated alkanes) is 1. The highest BCUT2D eigenvalue weighted by Crippen LogP contribution is 2.19. The van der Waals surface area contributed by atoms with Gasteiger partial charge in [-0.25, -0.2) is 0 Å². The fourth-order valence-electron chi connectivity index (χ4n) is 2.24. The molecule has 1 saturated heterocycles. The van der Waals surface area contributed by atoms with Gasteiger partial charge in [-0.1, -0.05) is 6.08 Å². The summed E-state index contributed by atoms with van der Waals surface area (Å²) in [6.07, 6.45) is 7.57. The smallest absolute Gasteiger partial charge is 0.0707 e. The normalized spacial score (nSPS) is 25.2. The molecule has 16 heavy (non-hydrogen) atoms. The van der Waals surface area contributed by atoms with E-state index in [2.05, 4.69) is 23.8 Å². The molecule has 0 amide bonds. The maximum atomic E-state index is 5.95. The molecule has 1 aliphatic heterocycles. The molecule has 0 aromatic rings. The maximum absolute atomic E-state index is 5.95. The third-order valence-electron chi connectivity index (χ3n) is 3.09. The Morgan fingerprint density at radius 3 is 2.88 bits per heavy atom. The molecule has 3 heteroatoms. The van der Waals surface area contributed by atoms with E-state index in [0.29, 0.717) is 12.2 Å². The number of nitrogens with one attached hydrogen (secondary N) is 1. The van der Waals surface area contributed by atoms with Gasteiger partial charge in [0, 0.05) is 13.1 Å². The Bertz CT molecular complexity index is 196. The standard InChI is InChI=1S/C13H26N2O/c1-4-5-6-9-15(3)11-13-8-7-12(16-13)10-14-2/h4,12-14H,1,5-11H2,2-3H3. The zero-order chi connectivity index (χ0) is 11.8. The molecule has 1 rings (SSSR count). The van der Waals surface area contributed by atoms with Gasteiger partial charge in [0.05, 0.1) is 12.2 Å². The van der Waals surface area contributed by atoms with Crippen molar-refractivity contribution in [3.05, 3.63) is 12.7 Å². The topological polar surface area (TPSA) is 24.5 Å². The Morgan fingerprint density at radius 2 is 2.19 bits per heavy atom. The van der Waals surface area contributed by atoms with E-state index in [-0.39, 0.29) is 0 Å². The van der Waals surface area contributed by atoms with Gasteiger partial charge in [0.1, 0.15) is 0 Å². The van der Waals surface area contributed by atoms with E-state index < -0.39 is 0 Å². The third-order valence-corrected chi connectivity index (χ3v) is 3.09. The van der Waals surface area contributed by atoms with Crippen molar-refractivity contribution >= 4 is 0 Å². The average molecular weight is 226 g/mol. The Balaban J connectivity index is 2.10. The molecule has 0 bridgehead atoms. The van der Waals surface area contributed by atoms with Gasteiger partial charge in [0.25, 0.3) is 0 Å². The molecule has 0 saturated carbocycles. The molecule has 1 fully saturated rings. The zero-order valence-electron chi connectivity index (χ0n) is 10.7. The number of ether oxygens (including phenoxy) is 1. The number of likely N-dealkylation sites (N-methyl/N-ethyl adjacent to an activating group) is 2. The molecule has 1 aliphatic rings. The van der Waals surface area contributed by atoms with Gasteiger partial charge in [-0.05, 0) is 46.3 Å². The summed E-state index contributed by atoms with van der Waals surface area (Å²) < 4.78 is 5.95. The van der Waals surface area contributed by atoms with Crippen molar-refractivity contribution in [2.24, 2.45) is 0 Å². The van der Waals surface area contributed by atoms with Gasteiger partial charge in [0.2, 0.25) is 0 Å². The number of hydrogen-bond acceptors (Lipinski definition) is 3. The van der Waals surface area contributed by atoms with E-state index in [4.69, 9.17) is 4.74 Å². The highest BCUT2D eigenvalue weighted by Gasteiger charge is 2.25. The lowest BCUT2D eigenvalue weighted by atomic mass is 10.2. The molecular weight excluding hydrogens is 200 g/mol. The van der Waals surface area contributed by atoms with Crippen LogP contribution in [0.25, 0.3) is 0 Å². The van der Waals surface area contributed by atoms with E-state index in [1.165, 1.54) is 19.3 Å². The molecular formula is C13H26N2O. The summed E-state index contributed by atoms with van der Waals surface area (Å²) in [6, 6.07) is 0. The predicted octanol–water partition coefficient (Wildman–Crippen LogP) is 1.65. The van der Waals surface area contributed by atoms with Crippen LogP contribution in [0, 0.1) is 0 Å².